The number of nitrogens with one attached hydrogen (secondary N) is 1. The van der Waals surface area contributed by atoms with E-state index < -0.39 is 11.0 Å². The number of thiazole rings is 1. The Kier molecular flexibility index (Phi) is 3.54. The van der Waals surface area contributed by atoms with Gasteiger partial charge in [0.2, 0.25) is 0 Å². The van der Waals surface area contributed by atoms with Crippen LogP contribution in [0.3, 0.4) is 0 Å². The Labute approximate surface area is 119 Å². The van der Waals surface area contributed by atoms with Gasteiger partial charge in [-0.3, -0.25) is 10.1 Å². The van der Waals surface area contributed by atoms with Crippen molar-refractivity contribution >= 4 is 32.9 Å². The number of aromatic nitrogens is 1. The molecule has 1 heterocycles. The van der Waals surface area contributed by atoms with E-state index >= 15 is 0 Å². The van der Waals surface area contributed by atoms with Gasteiger partial charge >= 0.3 is 5.69 Å². The maximum atomic E-state index is 11.3. The first-order chi connectivity index (χ1) is 9.66. The number of nitro groups is 1. The molecule has 1 aliphatic carbocycles. The van der Waals surface area contributed by atoms with Crippen LogP contribution in [0.2, 0.25) is 0 Å². The van der Waals surface area contributed by atoms with Gasteiger partial charge in [0, 0.05) is 0 Å². The van der Waals surface area contributed by atoms with Crippen LogP contribution in [0.4, 0.5) is 11.4 Å². The van der Waals surface area contributed by atoms with E-state index in [2.05, 4.69) is 10.3 Å². The Hall–Kier alpha value is -1.73. The molecule has 0 aliphatic heterocycles. The van der Waals surface area contributed by atoms with E-state index in [9.17, 15) is 15.2 Å². The lowest BCUT2D eigenvalue weighted by molar-refractivity contribution is -0.382. The van der Waals surface area contributed by atoms with E-state index in [4.69, 9.17) is 0 Å². The van der Waals surface area contributed by atoms with Crippen LogP contribution in [-0.2, 0) is 0 Å². The van der Waals surface area contributed by atoms with Crippen LogP contribution in [0.5, 0.6) is 0 Å². The third kappa shape index (κ3) is 2.34. The summed E-state index contributed by atoms with van der Waals surface area (Å²) in [5.74, 6) is 0. The highest BCUT2D eigenvalue weighted by molar-refractivity contribution is 7.16. The Balaban J connectivity index is 1.97. The van der Waals surface area contributed by atoms with Crippen molar-refractivity contribution in [1.82, 2.24) is 4.98 Å². The molecular weight excluding hydrogens is 278 g/mol. The lowest BCUT2D eigenvalue weighted by Crippen LogP contribution is -2.36. The summed E-state index contributed by atoms with van der Waals surface area (Å²) in [5, 5.41) is 24.4. The summed E-state index contributed by atoms with van der Waals surface area (Å²) in [6, 6.07) is 3.41. The van der Waals surface area contributed by atoms with Gasteiger partial charge in [0.25, 0.3) is 0 Å². The van der Waals surface area contributed by atoms with Crippen molar-refractivity contribution in [2.75, 3.05) is 5.32 Å². The number of hydrogen-bond donors (Lipinski definition) is 2. The first-order valence-corrected chi connectivity index (χ1v) is 7.50. The van der Waals surface area contributed by atoms with Gasteiger partial charge in [-0.05, 0) is 25.0 Å². The van der Waals surface area contributed by atoms with Gasteiger partial charge < -0.3 is 10.4 Å². The van der Waals surface area contributed by atoms with Crippen LogP contribution in [0, 0.1) is 10.1 Å². The third-order valence-electron chi connectivity index (χ3n) is 3.73. The molecule has 2 atom stereocenters. The molecule has 0 bridgehead atoms. The zero-order valence-corrected chi connectivity index (χ0v) is 11.6. The van der Waals surface area contributed by atoms with Crippen molar-refractivity contribution in [2.45, 2.75) is 37.8 Å². The van der Waals surface area contributed by atoms with E-state index in [0.717, 1.165) is 30.4 Å². The van der Waals surface area contributed by atoms with Gasteiger partial charge in [0.1, 0.15) is 5.69 Å². The molecule has 1 aliphatic rings. The molecule has 0 radical (unpaired) electrons. The molecule has 1 aromatic carbocycles. The van der Waals surface area contributed by atoms with E-state index in [1.54, 1.807) is 11.6 Å². The molecule has 0 spiro atoms. The number of aliphatic hydroxyl groups is 1. The van der Waals surface area contributed by atoms with E-state index in [-0.39, 0.29) is 11.7 Å². The van der Waals surface area contributed by atoms with Crippen molar-refractivity contribution in [2.24, 2.45) is 0 Å². The molecule has 1 fully saturated rings. The first-order valence-electron chi connectivity index (χ1n) is 6.62. The number of nitro benzene ring substituents is 1. The summed E-state index contributed by atoms with van der Waals surface area (Å²) in [4.78, 5) is 15.0. The van der Waals surface area contributed by atoms with Gasteiger partial charge in [-0.2, -0.15) is 0 Å². The Morgan fingerprint density at radius 3 is 2.95 bits per heavy atom. The fraction of sp³-hybridized carbons (Fsp3) is 0.462. The van der Waals surface area contributed by atoms with Gasteiger partial charge in [-0.15, -0.1) is 11.3 Å². The summed E-state index contributed by atoms with van der Waals surface area (Å²) in [5.41, 5.74) is 2.47. The summed E-state index contributed by atoms with van der Waals surface area (Å²) in [6.07, 6.45) is 3.15. The van der Waals surface area contributed by atoms with Crippen molar-refractivity contribution in [3.8, 4) is 0 Å². The Bertz CT molecular complexity index is 643. The minimum atomic E-state index is -0.450. The molecule has 0 amide bonds. The summed E-state index contributed by atoms with van der Waals surface area (Å²) < 4.78 is 0.798. The summed E-state index contributed by atoms with van der Waals surface area (Å²) >= 11 is 1.38. The molecule has 2 N–H and O–H groups in total. The zero-order chi connectivity index (χ0) is 14.1. The molecule has 2 unspecified atom stereocenters. The smallest absolute Gasteiger partial charge is 0.319 e. The second-order valence-electron chi connectivity index (χ2n) is 5.02. The maximum absolute atomic E-state index is 11.3. The van der Waals surface area contributed by atoms with Crippen molar-refractivity contribution < 1.29 is 10.0 Å². The number of hydrogen-bond acceptors (Lipinski definition) is 6. The number of rotatable bonds is 3. The highest BCUT2D eigenvalue weighted by Gasteiger charge is 2.27. The normalized spacial score (nSPS) is 22.9. The predicted octanol–water partition coefficient (Wildman–Crippen LogP) is 2.92. The van der Waals surface area contributed by atoms with E-state index in [1.807, 2.05) is 6.07 Å². The largest absolute Gasteiger partial charge is 0.391 e. The number of fused-ring (bicyclic) bond motifs is 1. The quantitative estimate of drug-likeness (QED) is 0.671. The second-order valence-corrected chi connectivity index (χ2v) is 5.91. The average molecular weight is 293 g/mol. The van der Waals surface area contributed by atoms with Gasteiger partial charge in [0.15, 0.2) is 5.52 Å². The van der Waals surface area contributed by atoms with Gasteiger partial charge in [-0.1, -0.05) is 12.8 Å². The predicted molar refractivity (Wildman–Crippen MR) is 78.2 cm³/mol. The lowest BCUT2D eigenvalue weighted by atomic mass is 9.92. The highest BCUT2D eigenvalue weighted by atomic mass is 32.1. The topological polar surface area (TPSA) is 88.3 Å². The van der Waals surface area contributed by atoms with E-state index in [0.29, 0.717) is 11.2 Å². The van der Waals surface area contributed by atoms with Crippen LogP contribution in [0.15, 0.2) is 17.6 Å². The molecule has 1 saturated carbocycles. The number of aliphatic hydroxyl groups excluding tert-OH is 1. The second kappa shape index (κ2) is 5.34. The Morgan fingerprint density at radius 1 is 1.40 bits per heavy atom. The molecule has 7 heteroatoms. The average Bonchev–Trinajstić information content (AvgIpc) is 2.88. The molecule has 20 heavy (non-hydrogen) atoms. The van der Waals surface area contributed by atoms with Crippen LogP contribution < -0.4 is 5.32 Å². The van der Waals surface area contributed by atoms with Crippen LogP contribution in [-0.4, -0.2) is 27.2 Å². The molecule has 3 rings (SSSR count). The van der Waals surface area contributed by atoms with Crippen molar-refractivity contribution in [1.29, 1.82) is 0 Å². The van der Waals surface area contributed by atoms with Crippen molar-refractivity contribution in [3.63, 3.8) is 0 Å². The Morgan fingerprint density at radius 2 is 2.20 bits per heavy atom. The van der Waals surface area contributed by atoms with Gasteiger partial charge in [0.05, 0.1) is 27.3 Å². The van der Waals surface area contributed by atoms with Crippen LogP contribution >= 0.6 is 11.3 Å². The molecule has 0 saturated heterocycles. The minimum Gasteiger partial charge on any atom is -0.391 e. The number of anilines is 1. The number of benzene rings is 1. The van der Waals surface area contributed by atoms with Gasteiger partial charge in [-0.25, -0.2) is 4.98 Å². The standard InChI is InChI=1S/C13H15N3O3S/c17-10-4-2-1-3-8(10)15-9-5-6-11-12(14-7-20-11)13(9)16(18)19/h5-8,10,15,17H,1-4H2. The zero-order valence-electron chi connectivity index (χ0n) is 10.8. The van der Waals surface area contributed by atoms with Crippen LogP contribution in [0.1, 0.15) is 25.7 Å². The SMILES string of the molecule is O=[N+]([O-])c1c(NC2CCCCC2O)ccc2scnc12. The van der Waals surface area contributed by atoms with Crippen molar-refractivity contribution in [3.05, 3.63) is 27.8 Å². The molecule has 106 valence electrons. The fourth-order valence-corrected chi connectivity index (χ4v) is 3.38. The first kappa shape index (κ1) is 13.3. The number of nitrogens with zero attached hydrogens (tertiary/aromatic N) is 2. The fourth-order valence-electron chi connectivity index (χ4n) is 2.70. The third-order valence-corrected chi connectivity index (χ3v) is 4.52. The lowest BCUT2D eigenvalue weighted by Gasteiger charge is -2.29. The minimum absolute atomic E-state index is 0.00141. The maximum Gasteiger partial charge on any atom is 0.319 e. The molecule has 2 aromatic rings. The monoisotopic (exact) mass is 293 g/mol. The molecule has 1 aromatic heterocycles. The molecule has 6 nitrogen and oxygen atoms in total. The highest BCUT2D eigenvalue weighted by Crippen LogP contribution is 2.35. The van der Waals surface area contributed by atoms with Crippen LogP contribution in [0.25, 0.3) is 10.2 Å². The van der Waals surface area contributed by atoms with E-state index in [1.165, 1.54) is 11.3 Å². The summed E-state index contributed by atoms with van der Waals surface area (Å²) in [7, 11) is 0. The molecular formula is C13H15N3O3S. The summed E-state index contributed by atoms with van der Waals surface area (Å²) in [6.45, 7) is 0.